The highest BCUT2D eigenvalue weighted by molar-refractivity contribution is 5.35. The first kappa shape index (κ1) is 11.3. The van der Waals surface area contributed by atoms with E-state index in [9.17, 15) is 8.78 Å². The van der Waals surface area contributed by atoms with E-state index >= 15 is 0 Å². The highest BCUT2D eigenvalue weighted by atomic mass is 19.3. The lowest BCUT2D eigenvalue weighted by Crippen LogP contribution is -2.34. The van der Waals surface area contributed by atoms with E-state index in [1.165, 1.54) is 0 Å². The van der Waals surface area contributed by atoms with E-state index in [1.54, 1.807) is 0 Å². The summed E-state index contributed by atoms with van der Waals surface area (Å²) >= 11 is 0. The Bertz CT molecular complexity index is 357. The van der Waals surface area contributed by atoms with Gasteiger partial charge in [-0.15, -0.1) is 0 Å². The topological polar surface area (TPSA) is 35.2 Å². The maximum Gasteiger partial charge on any atom is 0.253 e. The Morgan fingerprint density at radius 3 is 2.88 bits per heavy atom. The summed E-state index contributed by atoms with van der Waals surface area (Å²) in [5, 5.41) is 0. The molecule has 0 aromatic heterocycles. The molecule has 2 unspecified atom stereocenters. The molecule has 1 aromatic rings. The fourth-order valence-electron chi connectivity index (χ4n) is 2.03. The molecule has 0 aliphatic carbocycles. The van der Waals surface area contributed by atoms with Gasteiger partial charge in [0.25, 0.3) is 6.43 Å². The lowest BCUT2D eigenvalue weighted by atomic mass is 9.91. The summed E-state index contributed by atoms with van der Waals surface area (Å²) in [5.74, 6) is 0.961. The third-order valence-electron chi connectivity index (χ3n) is 2.88. The highest BCUT2D eigenvalue weighted by Crippen LogP contribution is 2.29. The van der Waals surface area contributed by atoms with Crippen molar-refractivity contribution in [3.8, 4) is 5.75 Å². The molecule has 1 aliphatic rings. The molecule has 2 rings (SSSR count). The Labute approximate surface area is 93.4 Å². The van der Waals surface area contributed by atoms with Crippen molar-refractivity contribution in [3.63, 3.8) is 0 Å². The fourth-order valence-corrected chi connectivity index (χ4v) is 2.03. The molecule has 2 N–H and O–H groups in total. The average Bonchev–Trinajstić information content (AvgIpc) is 2.28. The molecule has 16 heavy (non-hydrogen) atoms. The van der Waals surface area contributed by atoms with Gasteiger partial charge in [0, 0.05) is 0 Å². The first-order valence-electron chi connectivity index (χ1n) is 5.41. The van der Waals surface area contributed by atoms with Crippen LogP contribution in [-0.4, -0.2) is 19.1 Å². The molecule has 1 aliphatic heterocycles. The number of alkyl halides is 2. The van der Waals surface area contributed by atoms with Crippen molar-refractivity contribution in [3.05, 3.63) is 29.8 Å². The second-order valence-electron chi connectivity index (χ2n) is 4.22. The molecular weight excluding hydrogens is 212 g/mol. The predicted octanol–water partition coefficient (Wildman–Crippen LogP) is 2.22. The smallest absolute Gasteiger partial charge is 0.253 e. The second-order valence-corrected chi connectivity index (χ2v) is 4.22. The first-order chi connectivity index (χ1) is 7.66. The first-order valence-corrected chi connectivity index (χ1v) is 5.41. The third kappa shape index (κ3) is 2.50. The van der Waals surface area contributed by atoms with Gasteiger partial charge in [-0.2, -0.15) is 0 Å². The minimum Gasteiger partial charge on any atom is -0.493 e. The molecule has 0 amide bonds. The van der Waals surface area contributed by atoms with Crippen LogP contribution in [0, 0.1) is 5.92 Å². The summed E-state index contributed by atoms with van der Waals surface area (Å²) < 4.78 is 30.1. The van der Waals surface area contributed by atoms with E-state index in [2.05, 4.69) is 0 Å². The van der Waals surface area contributed by atoms with Crippen molar-refractivity contribution in [1.29, 1.82) is 0 Å². The van der Waals surface area contributed by atoms with Gasteiger partial charge in [0.05, 0.1) is 12.6 Å². The quantitative estimate of drug-likeness (QED) is 0.859. The maximum absolute atomic E-state index is 12.3. The number of benzene rings is 1. The zero-order chi connectivity index (χ0) is 11.5. The molecule has 2 nitrogen and oxygen atoms in total. The van der Waals surface area contributed by atoms with E-state index in [-0.39, 0.29) is 5.92 Å². The SMILES string of the molecule is NC(CC1COc2ccccc2C1)C(F)F. The maximum atomic E-state index is 12.3. The summed E-state index contributed by atoms with van der Waals surface area (Å²) in [6, 6.07) is 6.66. The minimum absolute atomic E-state index is 0.0962. The summed E-state index contributed by atoms with van der Waals surface area (Å²) in [6.45, 7) is 0.484. The summed E-state index contributed by atoms with van der Waals surface area (Å²) in [7, 11) is 0. The third-order valence-corrected chi connectivity index (χ3v) is 2.88. The van der Waals surface area contributed by atoms with Gasteiger partial charge in [-0.25, -0.2) is 8.78 Å². The molecule has 0 spiro atoms. The highest BCUT2D eigenvalue weighted by Gasteiger charge is 2.25. The van der Waals surface area contributed by atoms with Crippen molar-refractivity contribution in [2.75, 3.05) is 6.61 Å². The van der Waals surface area contributed by atoms with Crippen molar-refractivity contribution in [2.24, 2.45) is 11.7 Å². The van der Waals surface area contributed by atoms with Crippen LogP contribution in [0.2, 0.25) is 0 Å². The summed E-state index contributed by atoms with van der Waals surface area (Å²) in [6.07, 6.45) is -1.36. The number of nitrogens with two attached hydrogens (primary N) is 1. The van der Waals surface area contributed by atoms with Gasteiger partial charge in [-0.3, -0.25) is 0 Å². The van der Waals surface area contributed by atoms with Gasteiger partial charge in [-0.05, 0) is 30.4 Å². The minimum atomic E-state index is -2.45. The Morgan fingerprint density at radius 2 is 2.12 bits per heavy atom. The van der Waals surface area contributed by atoms with Crippen molar-refractivity contribution >= 4 is 0 Å². The molecule has 1 heterocycles. The number of rotatable bonds is 3. The molecule has 0 fully saturated rings. The lowest BCUT2D eigenvalue weighted by molar-refractivity contribution is 0.0939. The van der Waals surface area contributed by atoms with Gasteiger partial charge in [0.1, 0.15) is 5.75 Å². The number of para-hydroxylation sites is 1. The van der Waals surface area contributed by atoms with Crippen LogP contribution >= 0.6 is 0 Å². The molecule has 0 radical (unpaired) electrons. The largest absolute Gasteiger partial charge is 0.493 e. The van der Waals surface area contributed by atoms with Crippen LogP contribution in [-0.2, 0) is 6.42 Å². The monoisotopic (exact) mass is 227 g/mol. The molecule has 1 aromatic carbocycles. The van der Waals surface area contributed by atoms with Crippen LogP contribution < -0.4 is 10.5 Å². The van der Waals surface area contributed by atoms with E-state index in [1.807, 2.05) is 24.3 Å². The van der Waals surface area contributed by atoms with Gasteiger partial charge in [0.2, 0.25) is 0 Å². The number of halogens is 2. The zero-order valence-electron chi connectivity index (χ0n) is 8.90. The van der Waals surface area contributed by atoms with E-state index in [4.69, 9.17) is 10.5 Å². The predicted molar refractivity (Wildman–Crippen MR) is 57.7 cm³/mol. The number of fused-ring (bicyclic) bond motifs is 1. The zero-order valence-corrected chi connectivity index (χ0v) is 8.90. The summed E-state index contributed by atoms with van der Waals surface area (Å²) in [4.78, 5) is 0. The van der Waals surface area contributed by atoms with E-state index in [0.717, 1.165) is 17.7 Å². The van der Waals surface area contributed by atoms with Gasteiger partial charge in [0.15, 0.2) is 0 Å². The number of hydrogen-bond acceptors (Lipinski definition) is 2. The normalized spacial score (nSPS) is 21.4. The Balaban J connectivity index is 1.98. The van der Waals surface area contributed by atoms with Crippen molar-refractivity contribution in [1.82, 2.24) is 0 Å². The number of hydrogen-bond donors (Lipinski definition) is 1. The van der Waals surface area contributed by atoms with E-state index in [0.29, 0.717) is 13.0 Å². The standard InChI is InChI=1S/C12H15F2NO/c13-12(14)10(15)6-8-5-9-3-1-2-4-11(9)16-7-8/h1-4,8,10,12H,5-7,15H2. The average molecular weight is 227 g/mol. The van der Waals surface area contributed by atoms with Gasteiger partial charge < -0.3 is 10.5 Å². The Morgan fingerprint density at radius 1 is 1.38 bits per heavy atom. The van der Waals surface area contributed by atoms with Gasteiger partial charge in [-0.1, -0.05) is 18.2 Å². The molecule has 0 saturated heterocycles. The summed E-state index contributed by atoms with van der Waals surface area (Å²) in [5.41, 5.74) is 6.45. The Hall–Kier alpha value is -1.16. The fraction of sp³-hybridized carbons (Fsp3) is 0.500. The van der Waals surface area contributed by atoms with Crippen LogP contribution in [0.15, 0.2) is 24.3 Å². The molecule has 0 bridgehead atoms. The molecule has 4 heteroatoms. The van der Waals surface area contributed by atoms with Crippen molar-refractivity contribution < 1.29 is 13.5 Å². The molecular formula is C12H15F2NO. The van der Waals surface area contributed by atoms with Crippen LogP contribution in [0.1, 0.15) is 12.0 Å². The van der Waals surface area contributed by atoms with Gasteiger partial charge >= 0.3 is 0 Å². The number of ether oxygens (including phenoxy) is 1. The van der Waals surface area contributed by atoms with Crippen molar-refractivity contribution in [2.45, 2.75) is 25.3 Å². The Kier molecular flexibility index (Phi) is 3.39. The molecule has 88 valence electrons. The van der Waals surface area contributed by atoms with Crippen LogP contribution in [0.5, 0.6) is 5.75 Å². The molecule has 2 atom stereocenters. The van der Waals surface area contributed by atoms with Crippen LogP contribution in [0.4, 0.5) is 8.78 Å². The van der Waals surface area contributed by atoms with Crippen LogP contribution in [0.3, 0.4) is 0 Å². The van der Waals surface area contributed by atoms with Crippen LogP contribution in [0.25, 0.3) is 0 Å². The lowest BCUT2D eigenvalue weighted by Gasteiger charge is -2.26. The molecule has 0 saturated carbocycles. The second kappa shape index (κ2) is 4.78. The van der Waals surface area contributed by atoms with E-state index < -0.39 is 12.5 Å².